The van der Waals surface area contributed by atoms with E-state index >= 15 is 0 Å². The van der Waals surface area contributed by atoms with Gasteiger partial charge in [0.2, 0.25) is 0 Å². The Labute approximate surface area is 108 Å². The maximum atomic E-state index is 12.3. The summed E-state index contributed by atoms with van der Waals surface area (Å²) < 4.78 is 1.81. The van der Waals surface area contributed by atoms with Crippen LogP contribution in [0.2, 0.25) is 0 Å². The van der Waals surface area contributed by atoms with E-state index in [0.29, 0.717) is 11.7 Å². The number of piperidine rings is 1. The summed E-state index contributed by atoms with van der Waals surface area (Å²) in [5.74, 6) is 0.0543. The number of rotatable bonds is 4. The average molecular weight is 250 g/mol. The number of likely N-dealkylation sites (tertiary alicyclic amines) is 1. The molecule has 5 heteroatoms. The average Bonchev–Trinajstić information content (AvgIpc) is 2.82. The molecule has 0 aromatic carbocycles. The van der Waals surface area contributed by atoms with Gasteiger partial charge in [0.1, 0.15) is 5.69 Å². The van der Waals surface area contributed by atoms with Crippen molar-refractivity contribution in [2.24, 2.45) is 7.05 Å². The van der Waals surface area contributed by atoms with Gasteiger partial charge in [-0.15, -0.1) is 0 Å². The van der Waals surface area contributed by atoms with E-state index in [1.54, 1.807) is 12.5 Å². The van der Waals surface area contributed by atoms with Crippen LogP contribution in [0.25, 0.3) is 0 Å². The molecular formula is C13H22N4O. The SMILES string of the molecule is CCCNC1CCCN(C(=O)c2cn(C)cn2)C1. The van der Waals surface area contributed by atoms with E-state index in [2.05, 4.69) is 17.2 Å². The first-order valence-electron chi connectivity index (χ1n) is 6.71. The zero-order chi connectivity index (χ0) is 13.0. The Hall–Kier alpha value is -1.36. The number of aryl methyl sites for hydroxylation is 1. The largest absolute Gasteiger partial charge is 0.340 e. The Morgan fingerprint density at radius 3 is 3.11 bits per heavy atom. The lowest BCUT2D eigenvalue weighted by molar-refractivity contribution is 0.0689. The third-order valence-electron chi connectivity index (χ3n) is 3.32. The second kappa shape index (κ2) is 6.00. The minimum Gasteiger partial charge on any atom is -0.340 e. The lowest BCUT2D eigenvalue weighted by atomic mass is 10.1. The molecule has 1 saturated heterocycles. The van der Waals surface area contributed by atoms with E-state index in [-0.39, 0.29) is 5.91 Å². The highest BCUT2D eigenvalue weighted by Crippen LogP contribution is 2.13. The molecule has 5 nitrogen and oxygen atoms in total. The van der Waals surface area contributed by atoms with E-state index < -0.39 is 0 Å². The van der Waals surface area contributed by atoms with Crippen molar-refractivity contribution in [1.82, 2.24) is 19.8 Å². The first-order chi connectivity index (χ1) is 8.70. The van der Waals surface area contributed by atoms with Crippen molar-refractivity contribution in [3.05, 3.63) is 18.2 Å². The van der Waals surface area contributed by atoms with Crippen LogP contribution in [-0.4, -0.2) is 46.0 Å². The monoisotopic (exact) mass is 250 g/mol. The number of imidazole rings is 1. The molecule has 1 atom stereocenters. The van der Waals surface area contributed by atoms with Gasteiger partial charge in [-0.3, -0.25) is 4.79 Å². The van der Waals surface area contributed by atoms with Gasteiger partial charge in [0.05, 0.1) is 6.33 Å². The predicted molar refractivity (Wildman–Crippen MR) is 70.4 cm³/mol. The Kier molecular flexibility index (Phi) is 4.36. The first kappa shape index (κ1) is 13.1. The smallest absolute Gasteiger partial charge is 0.274 e. The molecule has 0 bridgehead atoms. The van der Waals surface area contributed by atoms with Crippen molar-refractivity contribution >= 4 is 5.91 Å². The van der Waals surface area contributed by atoms with Crippen molar-refractivity contribution in [3.63, 3.8) is 0 Å². The summed E-state index contributed by atoms with van der Waals surface area (Å²) in [5, 5.41) is 3.49. The molecule has 1 unspecified atom stereocenters. The zero-order valence-corrected chi connectivity index (χ0v) is 11.2. The van der Waals surface area contributed by atoms with Gasteiger partial charge in [0.15, 0.2) is 0 Å². The van der Waals surface area contributed by atoms with Crippen molar-refractivity contribution in [2.75, 3.05) is 19.6 Å². The molecule has 1 N–H and O–H groups in total. The second-order valence-corrected chi connectivity index (χ2v) is 4.97. The van der Waals surface area contributed by atoms with Crippen LogP contribution in [0.4, 0.5) is 0 Å². The van der Waals surface area contributed by atoms with Crippen LogP contribution in [-0.2, 0) is 7.05 Å². The summed E-state index contributed by atoms with van der Waals surface area (Å²) in [6.07, 6.45) is 6.81. The fourth-order valence-electron chi connectivity index (χ4n) is 2.36. The summed E-state index contributed by atoms with van der Waals surface area (Å²) in [6.45, 7) is 4.83. The van der Waals surface area contributed by atoms with Crippen molar-refractivity contribution in [1.29, 1.82) is 0 Å². The minimum absolute atomic E-state index is 0.0543. The normalized spacial score (nSPS) is 20.1. The number of hydrogen-bond acceptors (Lipinski definition) is 3. The van der Waals surface area contributed by atoms with Crippen LogP contribution in [0, 0.1) is 0 Å². The topological polar surface area (TPSA) is 50.2 Å². The molecule has 100 valence electrons. The number of aromatic nitrogens is 2. The number of amides is 1. The van der Waals surface area contributed by atoms with Gasteiger partial charge in [0.25, 0.3) is 5.91 Å². The van der Waals surface area contributed by atoms with Gasteiger partial charge in [-0.05, 0) is 25.8 Å². The van der Waals surface area contributed by atoms with E-state index in [0.717, 1.165) is 38.9 Å². The molecule has 0 saturated carbocycles. The highest BCUT2D eigenvalue weighted by Gasteiger charge is 2.24. The van der Waals surface area contributed by atoms with Gasteiger partial charge in [-0.2, -0.15) is 0 Å². The van der Waals surface area contributed by atoms with Crippen molar-refractivity contribution in [3.8, 4) is 0 Å². The van der Waals surface area contributed by atoms with Gasteiger partial charge < -0.3 is 14.8 Å². The number of hydrogen-bond donors (Lipinski definition) is 1. The Balaban J connectivity index is 1.94. The molecule has 1 aliphatic heterocycles. The Bertz CT molecular complexity index is 401. The van der Waals surface area contributed by atoms with E-state index in [1.807, 2.05) is 16.5 Å². The molecule has 18 heavy (non-hydrogen) atoms. The fourth-order valence-corrected chi connectivity index (χ4v) is 2.36. The quantitative estimate of drug-likeness (QED) is 0.868. The first-order valence-corrected chi connectivity index (χ1v) is 6.71. The molecule has 1 aromatic rings. The lowest BCUT2D eigenvalue weighted by Crippen LogP contribution is -2.48. The maximum Gasteiger partial charge on any atom is 0.274 e. The molecule has 0 aliphatic carbocycles. The Morgan fingerprint density at radius 2 is 2.44 bits per heavy atom. The van der Waals surface area contributed by atoms with Gasteiger partial charge in [-0.1, -0.05) is 6.92 Å². The van der Waals surface area contributed by atoms with Crippen LogP contribution < -0.4 is 5.32 Å². The van der Waals surface area contributed by atoms with E-state index in [9.17, 15) is 4.79 Å². The molecule has 1 aromatic heterocycles. The molecule has 2 rings (SSSR count). The molecule has 1 aliphatic rings. The molecule has 0 spiro atoms. The minimum atomic E-state index is 0.0543. The fraction of sp³-hybridized carbons (Fsp3) is 0.692. The molecular weight excluding hydrogens is 228 g/mol. The molecule has 1 amide bonds. The number of nitrogens with zero attached hydrogens (tertiary/aromatic N) is 3. The van der Waals surface area contributed by atoms with Gasteiger partial charge >= 0.3 is 0 Å². The summed E-state index contributed by atoms with van der Waals surface area (Å²) in [5.41, 5.74) is 0.550. The number of carbonyl (C=O) groups excluding carboxylic acids is 1. The highest BCUT2D eigenvalue weighted by molar-refractivity contribution is 5.92. The van der Waals surface area contributed by atoms with E-state index in [4.69, 9.17) is 0 Å². The molecule has 1 fully saturated rings. The lowest BCUT2D eigenvalue weighted by Gasteiger charge is -2.32. The van der Waals surface area contributed by atoms with Crippen LogP contribution >= 0.6 is 0 Å². The van der Waals surface area contributed by atoms with Crippen molar-refractivity contribution in [2.45, 2.75) is 32.2 Å². The third-order valence-corrected chi connectivity index (χ3v) is 3.32. The summed E-state index contributed by atoms with van der Waals surface area (Å²) in [6, 6.07) is 0.436. The summed E-state index contributed by atoms with van der Waals surface area (Å²) in [4.78, 5) is 18.3. The van der Waals surface area contributed by atoms with Crippen LogP contribution in [0.1, 0.15) is 36.7 Å². The summed E-state index contributed by atoms with van der Waals surface area (Å²) >= 11 is 0. The zero-order valence-electron chi connectivity index (χ0n) is 11.2. The van der Waals surface area contributed by atoms with Crippen LogP contribution in [0.3, 0.4) is 0 Å². The van der Waals surface area contributed by atoms with Crippen LogP contribution in [0.5, 0.6) is 0 Å². The van der Waals surface area contributed by atoms with Gasteiger partial charge in [0, 0.05) is 32.4 Å². The highest BCUT2D eigenvalue weighted by atomic mass is 16.2. The van der Waals surface area contributed by atoms with Gasteiger partial charge in [-0.25, -0.2) is 4.98 Å². The maximum absolute atomic E-state index is 12.3. The Morgan fingerprint density at radius 1 is 1.61 bits per heavy atom. The third kappa shape index (κ3) is 3.10. The predicted octanol–water partition coefficient (Wildman–Crippen LogP) is 1.02. The van der Waals surface area contributed by atoms with E-state index in [1.165, 1.54) is 0 Å². The van der Waals surface area contributed by atoms with Crippen LogP contribution in [0.15, 0.2) is 12.5 Å². The number of nitrogens with one attached hydrogen (secondary N) is 1. The standard InChI is InChI=1S/C13H22N4O/c1-3-6-14-11-5-4-7-17(8-11)13(18)12-9-16(2)10-15-12/h9-11,14H,3-8H2,1-2H3. The van der Waals surface area contributed by atoms with Crippen molar-refractivity contribution < 1.29 is 4.79 Å². The molecule has 2 heterocycles. The second-order valence-electron chi connectivity index (χ2n) is 4.97. The number of carbonyl (C=O) groups is 1. The summed E-state index contributed by atoms with van der Waals surface area (Å²) in [7, 11) is 1.88. The molecule has 0 radical (unpaired) electrons.